The van der Waals surface area contributed by atoms with E-state index in [0.717, 1.165) is 53.7 Å². The van der Waals surface area contributed by atoms with Gasteiger partial charge in [-0.1, -0.05) is 61.9 Å². The van der Waals surface area contributed by atoms with Gasteiger partial charge < -0.3 is 14.5 Å². The molecule has 0 aliphatic carbocycles. The molecule has 30 heavy (non-hydrogen) atoms. The normalized spacial score (nSPS) is 15.5. The molecule has 0 bridgehead atoms. The second-order valence-electron chi connectivity index (χ2n) is 8.24. The van der Waals surface area contributed by atoms with E-state index >= 15 is 0 Å². The number of fused-ring (bicyclic) bond motifs is 3. The molecule has 4 nitrogen and oxygen atoms in total. The molecule has 2 heterocycles. The highest BCUT2D eigenvalue weighted by atomic mass is 16.5. The number of hydrogen-bond acceptors (Lipinski definition) is 3. The van der Waals surface area contributed by atoms with Crippen LogP contribution >= 0.6 is 0 Å². The van der Waals surface area contributed by atoms with E-state index < -0.39 is 0 Å². The van der Waals surface area contributed by atoms with Crippen molar-refractivity contribution >= 4 is 16.9 Å². The van der Waals surface area contributed by atoms with Crippen molar-refractivity contribution in [2.45, 2.75) is 58.3 Å². The summed E-state index contributed by atoms with van der Waals surface area (Å²) < 4.78 is 12.5. The van der Waals surface area contributed by atoms with E-state index in [4.69, 9.17) is 9.15 Å². The number of amides is 1. The molecule has 1 aromatic heterocycles. The number of carbonyl (C=O) groups excluding carboxylic acids is 1. The topological polar surface area (TPSA) is 51.5 Å². The summed E-state index contributed by atoms with van der Waals surface area (Å²) in [4.78, 5) is 13.0. The Bertz CT molecular complexity index is 1020. The van der Waals surface area contributed by atoms with Crippen LogP contribution in [0.15, 0.2) is 40.8 Å². The molecule has 0 unspecified atom stereocenters. The zero-order chi connectivity index (χ0) is 20.9. The Morgan fingerprint density at radius 1 is 0.900 bits per heavy atom. The molecule has 4 heteroatoms. The van der Waals surface area contributed by atoms with Gasteiger partial charge in [-0.3, -0.25) is 4.79 Å². The van der Waals surface area contributed by atoms with Gasteiger partial charge in [-0.15, -0.1) is 0 Å². The molecule has 0 radical (unpaired) electrons. The second kappa shape index (κ2) is 9.38. The zero-order valence-electron chi connectivity index (χ0n) is 18.1. The van der Waals surface area contributed by atoms with Crippen molar-refractivity contribution in [1.82, 2.24) is 5.32 Å². The number of furan rings is 1. The van der Waals surface area contributed by atoms with Gasteiger partial charge in [-0.25, -0.2) is 0 Å². The van der Waals surface area contributed by atoms with Gasteiger partial charge in [0.2, 0.25) is 0 Å². The summed E-state index contributed by atoms with van der Waals surface area (Å²) in [6.45, 7) is 2.77. The Hall–Kier alpha value is -2.75. The van der Waals surface area contributed by atoms with Crippen molar-refractivity contribution in [3.63, 3.8) is 0 Å². The first-order chi connectivity index (χ1) is 14.7. The van der Waals surface area contributed by atoms with Crippen molar-refractivity contribution in [3.05, 3.63) is 53.1 Å². The van der Waals surface area contributed by atoms with Gasteiger partial charge in [-0.2, -0.15) is 0 Å². The van der Waals surface area contributed by atoms with Crippen LogP contribution in [0.4, 0.5) is 0 Å². The van der Waals surface area contributed by atoms with E-state index in [2.05, 4.69) is 12.2 Å². The Labute approximate surface area is 178 Å². The van der Waals surface area contributed by atoms with Crippen molar-refractivity contribution in [2.24, 2.45) is 0 Å². The highest BCUT2D eigenvalue weighted by Crippen LogP contribution is 2.40. The van der Waals surface area contributed by atoms with Crippen molar-refractivity contribution < 1.29 is 13.9 Å². The molecule has 158 valence electrons. The molecule has 4 rings (SSSR count). The molecule has 2 aromatic carbocycles. The van der Waals surface area contributed by atoms with Crippen LogP contribution in [-0.2, 0) is 6.42 Å². The van der Waals surface area contributed by atoms with Crippen LogP contribution in [0.2, 0.25) is 0 Å². The summed E-state index contributed by atoms with van der Waals surface area (Å²) in [5.41, 5.74) is 4.56. The minimum atomic E-state index is -0.121. The van der Waals surface area contributed by atoms with Gasteiger partial charge in [0, 0.05) is 23.6 Å². The molecule has 0 spiro atoms. The predicted octanol–water partition coefficient (Wildman–Crippen LogP) is 6.43. The van der Waals surface area contributed by atoms with Crippen LogP contribution < -0.4 is 10.1 Å². The van der Waals surface area contributed by atoms with Gasteiger partial charge in [0.25, 0.3) is 5.91 Å². The van der Waals surface area contributed by atoms with Gasteiger partial charge in [0.05, 0.1) is 12.2 Å². The predicted molar refractivity (Wildman–Crippen MR) is 121 cm³/mol. The molecule has 0 saturated carbocycles. The van der Waals surface area contributed by atoms with Crippen LogP contribution in [0.1, 0.15) is 66.4 Å². The lowest BCUT2D eigenvalue weighted by Gasteiger charge is -2.15. The molecule has 0 atom stereocenters. The Morgan fingerprint density at radius 2 is 1.60 bits per heavy atom. The lowest BCUT2D eigenvalue weighted by atomic mass is 9.96. The fourth-order valence-electron chi connectivity index (χ4n) is 4.34. The first-order valence-corrected chi connectivity index (χ1v) is 11.2. The van der Waals surface area contributed by atoms with Crippen LogP contribution in [0, 0.1) is 6.92 Å². The number of aryl methyl sites for hydroxylation is 2. The average Bonchev–Trinajstić information content (AvgIpc) is 3.14. The van der Waals surface area contributed by atoms with Crippen LogP contribution in [0.25, 0.3) is 22.3 Å². The fraction of sp³-hybridized carbons (Fsp3) is 0.423. The summed E-state index contributed by atoms with van der Waals surface area (Å²) in [6, 6.07) is 12.1. The molecule has 1 amide bonds. The van der Waals surface area contributed by atoms with Crippen LogP contribution in [0.3, 0.4) is 0 Å². The largest absolute Gasteiger partial charge is 0.493 e. The van der Waals surface area contributed by atoms with E-state index in [-0.39, 0.29) is 5.91 Å². The molecular weight excluding hydrogens is 374 g/mol. The molecule has 1 N–H and O–H groups in total. The van der Waals surface area contributed by atoms with Crippen molar-refractivity contribution in [2.75, 3.05) is 13.7 Å². The summed E-state index contributed by atoms with van der Waals surface area (Å²) in [5, 5.41) is 3.72. The number of rotatable bonds is 2. The first-order valence-electron chi connectivity index (χ1n) is 11.2. The molecule has 1 aliphatic rings. The lowest BCUT2D eigenvalue weighted by molar-refractivity contribution is 0.0964. The van der Waals surface area contributed by atoms with E-state index in [1.54, 1.807) is 7.05 Å². The molecular formula is C26H31NO3. The minimum absolute atomic E-state index is 0.121. The lowest BCUT2D eigenvalue weighted by Crippen LogP contribution is -2.18. The summed E-state index contributed by atoms with van der Waals surface area (Å²) >= 11 is 0. The maximum atomic E-state index is 13.0. The van der Waals surface area contributed by atoms with E-state index in [1.165, 1.54) is 37.7 Å². The van der Waals surface area contributed by atoms with Crippen LogP contribution in [-0.4, -0.2) is 19.6 Å². The summed E-state index contributed by atoms with van der Waals surface area (Å²) in [5.74, 6) is 1.40. The maximum Gasteiger partial charge on any atom is 0.255 e. The third-order valence-electron chi connectivity index (χ3n) is 6.02. The third kappa shape index (κ3) is 4.23. The Morgan fingerprint density at radius 3 is 2.33 bits per heavy atom. The number of carbonyl (C=O) groups is 1. The van der Waals surface area contributed by atoms with Gasteiger partial charge in [0.1, 0.15) is 17.1 Å². The van der Waals surface area contributed by atoms with E-state index in [9.17, 15) is 4.79 Å². The van der Waals surface area contributed by atoms with Gasteiger partial charge in [0.15, 0.2) is 0 Å². The van der Waals surface area contributed by atoms with Crippen LogP contribution in [0.5, 0.6) is 5.75 Å². The molecule has 3 aromatic rings. The standard InChI is InChI=1S/C26H31NO3/c1-18-11-13-19(14-12-18)25-24(26(28)27-2)23-20-10-8-6-4-3-5-7-9-17-29-21(20)15-16-22(23)30-25/h11-16H,3-10,17H2,1-2H3,(H,27,28). The average molecular weight is 406 g/mol. The van der Waals surface area contributed by atoms with Crippen molar-refractivity contribution in [3.8, 4) is 17.1 Å². The monoisotopic (exact) mass is 405 g/mol. The number of ether oxygens (including phenoxy) is 1. The molecule has 0 fully saturated rings. The minimum Gasteiger partial charge on any atom is -0.493 e. The molecule has 0 saturated heterocycles. The van der Waals surface area contributed by atoms with Gasteiger partial charge >= 0.3 is 0 Å². The second-order valence-corrected chi connectivity index (χ2v) is 8.24. The van der Waals surface area contributed by atoms with Crippen molar-refractivity contribution in [1.29, 1.82) is 0 Å². The number of benzene rings is 2. The highest BCUT2D eigenvalue weighted by molar-refractivity contribution is 6.12. The number of nitrogens with one attached hydrogen (secondary N) is 1. The van der Waals surface area contributed by atoms with E-state index in [1.807, 2.05) is 36.4 Å². The first kappa shape index (κ1) is 20.5. The maximum absolute atomic E-state index is 13.0. The smallest absolute Gasteiger partial charge is 0.255 e. The SMILES string of the molecule is CNC(=O)c1c(-c2ccc(C)cc2)oc2ccc3c(c12)CCCCCCCCCO3. The summed E-state index contributed by atoms with van der Waals surface area (Å²) in [6.07, 6.45) is 9.32. The third-order valence-corrected chi connectivity index (χ3v) is 6.02. The number of hydrogen-bond donors (Lipinski definition) is 1. The fourth-order valence-corrected chi connectivity index (χ4v) is 4.34. The Balaban J connectivity index is 1.87. The zero-order valence-corrected chi connectivity index (χ0v) is 18.1. The Kier molecular flexibility index (Phi) is 6.41. The van der Waals surface area contributed by atoms with Gasteiger partial charge in [-0.05, 0) is 38.3 Å². The quantitative estimate of drug-likeness (QED) is 0.534. The molecule has 1 aliphatic heterocycles. The van der Waals surface area contributed by atoms with E-state index in [0.29, 0.717) is 11.3 Å². The summed E-state index contributed by atoms with van der Waals surface area (Å²) in [7, 11) is 1.67. The highest BCUT2D eigenvalue weighted by Gasteiger charge is 2.25.